The standard InChI is InChI=1S/C17H22N2O/c1-17(9-5-2-6-10-17)12-19-16(20)14-11-18-15-8-4-3-7-13(14)15/h3-4,7-8,11,18H,2,5-6,9-10,12H2,1H3,(H,19,20). The van der Waals surface area contributed by atoms with E-state index in [0.717, 1.165) is 23.0 Å². The zero-order valence-electron chi connectivity index (χ0n) is 12.0. The Morgan fingerprint density at radius 2 is 2.00 bits per heavy atom. The Bertz CT molecular complexity index is 608. The molecule has 1 aliphatic carbocycles. The molecule has 2 N–H and O–H groups in total. The van der Waals surface area contributed by atoms with Crippen LogP contribution in [0.5, 0.6) is 0 Å². The quantitative estimate of drug-likeness (QED) is 0.873. The van der Waals surface area contributed by atoms with Gasteiger partial charge in [-0.05, 0) is 24.3 Å². The molecule has 2 aromatic rings. The van der Waals surface area contributed by atoms with Gasteiger partial charge in [-0.1, -0.05) is 44.4 Å². The monoisotopic (exact) mass is 270 g/mol. The molecule has 106 valence electrons. The Balaban J connectivity index is 1.70. The predicted octanol–water partition coefficient (Wildman–Crippen LogP) is 3.87. The minimum absolute atomic E-state index is 0.0363. The summed E-state index contributed by atoms with van der Waals surface area (Å²) in [6, 6.07) is 7.93. The third kappa shape index (κ3) is 2.58. The van der Waals surface area contributed by atoms with E-state index >= 15 is 0 Å². The molecule has 3 nitrogen and oxygen atoms in total. The number of fused-ring (bicyclic) bond motifs is 1. The van der Waals surface area contributed by atoms with E-state index in [0.29, 0.717) is 0 Å². The van der Waals surface area contributed by atoms with Crippen molar-refractivity contribution in [1.29, 1.82) is 0 Å². The van der Waals surface area contributed by atoms with Crippen molar-refractivity contribution in [2.75, 3.05) is 6.54 Å². The molecule has 0 radical (unpaired) electrons. The van der Waals surface area contributed by atoms with Gasteiger partial charge in [0.1, 0.15) is 0 Å². The average Bonchev–Trinajstić information content (AvgIpc) is 2.90. The van der Waals surface area contributed by atoms with Gasteiger partial charge in [0.25, 0.3) is 5.91 Å². The van der Waals surface area contributed by atoms with Crippen molar-refractivity contribution in [3.8, 4) is 0 Å². The molecule has 0 spiro atoms. The van der Waals surface area contributed by atoms with Gasteiger partial charge in [0.2, 0.25) is 0 Å². The van der Waals surface area contributed by atoms with Crippen LogP contribution in [0.4, 0.5) is 0 Å². The van der Waals surface area contributed by atoms with E-state index in [1.165, 1.54) is 32.1 Å². The molecule has 1 aromatic heterocycles. The topological polar surface area (TPSA) is 44.9 Å². The number of aromatic nitrogens is 1. The summed E-state index contributed by atoms with van der Waals surface area (Å²) in [5.41, 5.74) is 2.04. The lowest BCUT2D eigenvalue weighted by Crippen LogP contribution is -2.36. The Labute approximate surface area is 119 Å². The zero-order valence-corrected chi connectivity index (χ0v) is 12.0. The van der Waals surface area contributed by atoms with Gasteiger partial charge in [-0.2, -0.15) is 0 Å². The van der Waals surface area contributed by atoms with Crippen molar-refractivity contribution < 1.29 is 4.79 Å². The molecule has 1 fully saturated rings. The predicted molar refractivity (Wildman–Crippen MR) is 81.8 cm³/mol. The summed E-state index contributed by atoms with van der Waals surface area (Å²) in [5, 5.41) is 4.13. The molecule has 0 saturated heterocycles. The van der Waals surface area contributed by atoms with Crippen LogP contribution in [0.25, 0.3) is 10.9 Å². The molecule has 1 heterocycles. The van der Waals surface area contributed by atoms with E-state index < -0.39 is 0 Å². The molecule has 0 bridgehead atoms. The van der Waals surface area contributed by atoms with E-state index in [1.54, 1.807) is 0 Å². The summed E-state index contributed by atoms with van der Waals surface area (Å²) in [7, 11) is 0. The van der Waals surface area contributed by atoms with Crippen molar-refractivity contribution in [2.45, 2.75) is 39.0 Å². The lowest BCUT2D eigenvalue weighted by atomic mass is 9.76. The molecule has 20 heavy (non-hydrogen) atoms. The fourth-order valence-corrected chi connectivity index (χ4v) is 3.23. The van der Waals surface area contributed by atoms with Crippen LogP contribution >= 0.6 is 0 Å². The van der Waals surface area contributed by atoms with Crippen LogP contribution in [0.1, 0.15) is 49.4 Å². The maximum Gasteiger partial charge on any atom is 0.253 e. The number of hydrogen-bond donors (Lipinski definition) is 2. The number of para-hydroxylation sites is 1. The highest BCUT2D eigenvalue weighted by atomic mass is 16.1. The summed E-state index contributed by atoms with van der Waals surface area (Å²) in [4.78, 5) is 15.5. The molecule has 0 unspecified atom stereocenters. The SMILES string of the molecule is CC1(CNC(=O)c2c[nH]c3ccccc23)CCCCC1. The molecular weight excluding hydrogens is 248 g/mol. The lowest BCUT2D eigenvalue weighted by Gasteiger charge is -2.33. The Morgan fingerprint density at radius 3 is 2.80 bits per heavy atom. The summed E-state index contributed by atoms with van der Waals surface area (Å²) < 4.78 is 0. The van der Waals surface area contributed by atoms with Gasteiger partial charge >= 0.3 is 0 Å². The Kier molecular flexibility index (Phi) is 3.51. The first-order valence-electron chi connectivity index (χ1n) is 7.52. The van der Waals surface area contributed by atoms with E-state index in [4.69, 9.17) is 0 Å². The van der Waals surface area contributed by atoms with Crippen LogP contribution in [0.2, 0.25) is 0 Å². The van der Waals surface area contributed by atoms with E-state index in [1.807, 2.05) is 30.5 Å². The normalized spacial score (nSPS) is 18.1. The number of hydrogen-bond acceptors (Lipinski definition) is 1. The van der Waals surface area contributed by atoms with Crippen molar-refractivity contribution in [2.24, 2.45) is 5.41 Å². The molecule has 3 heteroatoms. The fourth-order valence-electron chi connectivity index (χ4n) is 3.23. The Hall–Kier alpha value is -1.77. The molecule has 0 atom stereocenters. The lowest BCUT2D eigenvalue weighted by molar-refractivity contribution is 0.0921. The fraction of sp³-hybridized carbons (Fsp3) is 0.471. The van der Waals surface area contributed by atoms with Gasteiger partial charge < -0.3 is 10.3 Å². The molecule has 1 aromatic carbocycles. The third-order valence-corrected chi connectivity index (χ3v) is 4.57. The highest BCUT2D eigenvalue weighted by Crippen LogP contribution is 2.35. The second-order valence-corrected chi connectivity index (χ2v) is 6.30. The van der Waals surface area contributed by atoms with Crippen LogP contribution in [0.15, 0.2) is 30.5 Å². The minimum Gasteiger partial charge on any atom is -0.360 e. The number of H-pyrrole nitrogens is 1. The number of aromatic amines is 1. The largest absolute Gasteiger partial charge is 0.360 e. The smallest absolute Gasteiger partial charge is 0.253 e. The Morgan fingerprint density at radius 1 is 1.25 bits per heavy atom. The van der Waals surface area contributed by atoms with Crippen LogP contribution in [-0.4, -0.2) is 17.4 Å². The van der Waals surface area contributed by atoms with Crippen molar-refractivity contribution in [3.63, 3.8) is 0 Å². The number of carbonyl (C=O) groups excluding carboxylic acids is 1. The minimum atomic E-state index is 0.0363. The molecule has 0 aliphatic heterocycles. The highest BCUT2D eigenvalue weighted by Gasteiger charge is 2.27. The molecule has 1 aliphatic rings. The maximum atomic E-state index is 12.4. The number of carbonyl (C=O) groups is 1. The molecular formula is C17H22N2O. The first kappa shape index (κ1) is 13.2. The zero-order chi connectivity index (χ0) is 14.0. The summed E-state index contributed by atoms with van der Waals surface area (Å²) in [5.74, 6) is 0.0363. The number of nitrogens with one attached hydrogen (secondary N) is 2. The van der Waals surface area contributed by atoms with Crippen LogP contribution in [0.3, 0.4) is 0 Å². The van der Waals surface area contributed by atoms with Gasteiger partial charge in [0.05, 0.1) is 5.56 Å². The average molecular weight is 270 g/mol. The first-order chi connectivity index (χ1) is 9.68. The van der Waals surface area contributed by atoms with Gasteiger partial charge in [-0.25, -0.2) is 0 Å². The molecule has 1 amide bonds. The number of amides is 1. The second-order valence-electron chi connectivity index (χ2n) is 6.30. The summed E-state index contributed by atoms with van der Waals surface area (Å²) >= 11 is 0. The summed E-state index contributed by atoms with van der Waals surface area (Å²) in [6.45, 7) is 3.08. The van der Waals surface area contributed by atoms with E-state index in [-0.39, 0.29) is 11.3 Å². The van der Waals surface area contributed by atoms with Crippen molar-refractivity contribution in [3.05, 3.63) is 36.0 Å². The van der Waals surface area contributed by atoms with Gasteiger partial charge in [0, 0.05) is 23.6 Å². The van der Waals surface area contributed by atoms with Gasteiger partial charge in [-0.3, -0.25) is 4.79 Å². The molecule has 1 saturated carbocycles. The third-order valence-electron chi connectivity index (χ3n) is 4.57. The van der Waals surface area contributed by atoms with Crippen molar-refractivity contribution in [1.82, 2.24) is 10.3 Å². The molecule has 3 rings (SSSR count). The van der Waals surface area contributed by atoms with Gasteiger partial charge in [-0.15, -0.1) is 0 Å². The van der Waals surface area contributed by atoms with Crippen LogP contribution in [0, 0.1) is 5.41 Å². The van der Waals surface area contributed by atoms with Gasteiger partial charge in [0.15, 0.2) is 0 Å². The van der Waals surface area contributed by atoms with E-state index in [2.05, 4.69) is 17.2 Å². The second kappa shape index (κ2) is 5.31. The van der Waals surface area contributed by atoms with Crippen LogP contribution in [-0.2, 0) is 0 Å². The first-order valence-corrected chi connectivity index (χ1v) is 7.52. The highest BCUT2D eigenvalue weighted by molar-refractivity contribution is 6.06. The maximum absolute atomic E-state index is 12.4. The van der Waals surface area contributed by atoms with Crippen molar-refractivity contribution >= 4 is 16.8 Å². The van der Waals surface area contributed by atoms with Crippen LogP contribution < -0.4 is 5.32 Å². The number of benzene rings is 1. The summed E-state index contributed by atoms with van der Waals surface area (Å²) in [6.07, 6.45) is 8.18. The van der Waals surface area contributed by atoms with E-state index in [9.17, 15) is 4.79 Å². The number of rotatable bonds is 3.